The Kier molecular flexibility index (Phi) is 4.45. The molecule has 28 heavy (non-hydrogen) atoms. The van der Waals surface area contributed by atoms with Gasteiger partial charge >= 0.3 is 6.09 Å². The van der Waals surface area contributed by atoms with E-state index in [0.717, 1.165) is 23.3 Å². The van der Waals surface area contributed by atoms with Crippen molar-refractivity contribution in [3.8, 4) is 17.2 Å². The molecule has 1 N–H and O–H groups in total. The summed E-state index contributed by atoms with van der Waals surface area (Å²) in [7, 11) is 0. The fourth-order valence-electron chi connectivity index (χ4n) is 3.21. The van der Waals surface area contributed by atoms with E-state index in [1.165, 1.54) is 6.07 Å². The second-order valence-corrected chi connectivity index (χ2v) is 6.31. The highest BCUT2D eigenvalue weighted by atomic mass is 19.1. The number of rotatable bonds is 3. The molecule has 1 aliphatic heterocycles. The van der Waals surface area contributed by atoms with Crippen LogP contribution < -0.4 is 5.32 Å². The molecule has 1 saturated heterocycles. The highest BCUT2D eigenvalue weighted by Crippen LogP contribution is 2.38. The van der Waals surface area contributed by atoms with Crippen LogP contribution in [0.15, 0.2) is 60.9 Å². The van der Waals surface area contributed by atoms with Gasteiger partial charge in [-0.3, -0.25) is 4.98 Å². The van der Waals surface area contributed by atoms with E-state index in [9.17, 15) is 13.6 Å². The second-order valence-electron chi connectivity index (χ2n) is 6.31. The summed E-state index contributed by atoms with van der Waals surface area (Å²) in [6.07, 6.45) is 1.52. The van der Waals surface area contributed by atoms with Gasteiger partial charge in [0.15, 0.2) is 6.10 Å². The normalized spacial score (nSPS) is 18.2. The summed E-state index contributed by atoms with van der Waals surface area (Å²) in [5.74, 6) is -1.51. The first-order valence-electron chi connectivity index (χ1n) is 8.43. The zero-order chi connectivity index (χ0) is 19.7. The molecular formula is C21H13F2N3O2. The van der Waals surface area contributed by atoms with E-state index in [1.54, 1.807) is 36.7 Å². The Morgan fingerprint density at radius 2 is 1.93 bits per heavy atom. The largest absolute Gasteiger partial charge is 0.439 e. The molecule has 0 aliphatic carbocycles. The first-order valence-corrected chi connectivity index (χ1v) is 8.43. The van der Waals surface area contributed by atoms with Gasteiger partial charge in [-0.15, -0.1) is 0 Å². The van der Waals surface area contributed by atoms with Crippen LogP contribution in [-0.4, -0.2) is 11.1 Å². The topological polar surface area (TPSA) is 75.0 Å². The van der Waals surface area contributed by atoms with Crippen LogP contribution in [0.4, 0.5) is 13.6 Å². The van der Waals surface area contributed by atoms with E-state index in [1.807, 2.05) is 6.07 Å². The molecule has 4 rings (SSSR count). The van der Waals surface area contributed by atoms with Crippen LogP contribution in [0.2, 0.25) is 0 Å². The SMILES string of the molecule is N#Cc1cccc(-c2cncc([C@H]3NC(=O)O[C@@H]3c3ccc(F)cc3F)c2)c1. The number of benzene rings is 2. The van der Waals surface area contributed by atoms with Crippen molar-refractivity contribution in [2.45, 2.75) is 12.1 Å². The average molecular weight is 377 g/mol. The molecule has 1 aliphatic rings. The van der Waals surface area contributed by atoms with Gasteiger partial charge in [0, 0.05) is 29.6 Å². The van der Waals surface area contributed by atoms with Gasteiger partial charge in [0.25, 0.3) is 0 Å². The standard InChI is InChI=1S/C21H13F2N3O2/c22-16-4-5-17(18(23)8-16)20-19(26-21(27)28-20)15-7-14(10-25-11-15)13-3-1-2-12(6-13)9-24/h1-8,10-11,19-20H,(H,26,27)/t19-,20-/m1/s1. The Bertz CT molecular complexity index is 1110. The maximum atomic E-state index is 14.2. The zero-order valence-electron chi connectivity index (χ0n) is 14.4. The number of nitrogens with one attached hydrogen (secondary N) is 1. The third-order valence-corrected chi connectivity index (χ3v) is 4.52. The van der Waals surface area contributed by atoms with Crippen molar-refractivity contribution < 1.29 is 18.3 Å². The second kappa shape index (κ2) is 7.08. The number of hydrogen-bond acceptors (Lipinski definition) is 4. The first kappa shape index (κ1) is 17.6. The van der Waals surface area contributed by atoms with Gasteiger partial charge in [-0.25, -0.2) is 13.6 Å². The molecule has 7 heteroatoms. The van der Waals surface area contributed by atoms with Crippen LogP contribution in [0.5, 0.6) is 0 Å². The number of hydrogen-bond donors (Lipinski definition) is 1. The highest BCUT2D eigenvalue weighted by molar-refractivity contribution is 5.72. The average Bonchev–Trinajstić information content (AvgIpc) is 3.09. The fourth-order valence-corrected chi connectivity index (χ4v) is 3.21. The fraction of sp³-hybridized carbons (Fsp3) is 0.0952. The summed E-state index contributed by atoms with van der Waals surface area (Å²) in [5, 5.41) is 11.7. The lowest BCUT2D eigenvalue weighted by atomic mass is 9.95. The van der Waals surface area contributed by atoms with Gasteiger partial charge in [-0.1, -0.05) is 12.1 Å². The highest BCUT2D eigenvalue weighted by Gasteiger charge is 2.38. The Hall–Kier alpha value is -3.79. The van der Waals surface area contributed by atoms with Crippen LogP contribution in [0.25, 0.3) is 11.1 Å². The summed E-state index contributed by atoms with van der Waals surface area (Å²) in [4.78, 5) is 16.0. The number of amides is 1. The van der Waals surface area contributed by atoms with E-state index in [2.05, 4.69) is 16.4 Å². The van der Waals surface area contributed by atoms with Gasteiger partial charge < -0.3 is 10.1 Å². The molecule has 0 radical (unpaired) electrons. The molecule has 0 bridgehead atoms. The van der Waals surface area contributed by atoms with E-state index in [-0.39, 0.29) is 5.56 Å². The number of pyridine rings is 1. The maximum Gasteiger partial charge on any atom is 0.408 e. The number of carbonyl (C=O) groups is 1. The lowest BCUT2D eigenvalue weighted by Crippen LogP contribution is -2.20. The molecule has 3 aromatic rings. The molecule has 2 heterocycles. The van der Waals surface area contributed by atoms with Gasteiger partial charge in [-0.05, 0) is 41.5 Å². The smallest absolute Gasteiger partial charge is 0.408 e. The summed E-state index contributed by atoms with van der Waals surface area (Å²) < 4.78 is 32.7. The zero-order valence-corrected chi connectivity index (χ0v) is 14.4. The van der Waals surface area contributed by atoms with Crippen molar-refractivity contribution in [1.29, 1.82) is 5.26 Å². The number of nitriles is 1. The lowest BCUT2D eigenvalue weighted by Gasteiger charge is -2.18. The third-order valence-electron chi connectivity index (χ3n) is 4.52. The quantitative estimate of drug-likeness (QED) is 0.733. The molecule has 2 atom stereocenters. The Morgan fingerprint density at radius 1 is 1.07 bits per heavy atom. The molecule has 5 nitrogen and oxygen atoms in total. The molecule has 1 fully saturated rings. The molecule has 1 aromatic heterocycles. The molecule has 1 amide bonds. The Morgan fingerprint density at radius 3 is 2.71 bits per heavy atom. The van der Waals surface area contributed by atoms with Crippen LogP contribution >= 0.6 is 0 Å². The van der Waals surface area contributed by atoms with Gasteiger partial charge in [0.1, 0.15) is 17.7 Å². The number of ether oxygens (including phenoxy) is 1. The van der Waals surface area contributed by atoms with Crippen molar-refractivity contribution in [2.24, 2.45) is 0 Å². The summed E-state index contributed by atoms with van der Waals surface area (Å²) >= 11 is 0. The van der Waals surface area contributed by atoms with E-state index in [4.69, 9.17) is 10.00 Å². The predicted molar refractivity (Wildman–Crippen MR) is 95.8 cm³/mol. The van der Waals surface area contributed by atoms with Crippen LogP contribution in [0.1, 0.15) is 28.8 Å². The molecule has 0 saturated carbocycles. The van der Waals surface area contributed by atoms with Crippen molar-refractivity contribution in [2.75, 3.05) is 0 Å². The lowest BCUT2D eigenvalue weighted by molar-refractivity contribution is 0.130. The van der Waals surface area contributed by atoms with Gasteiger partial charge in [0.05, 0.1) is 11.6 Å². The van der Waals surface area contributed by atoms with E-state index >= 15 is 0 Å². The molecule has 0 spiro atoms. The molecular weight excluding hydrogens is 364 g/mol. The number of halogens is 2. The van der Waals surface area contributed by atoms with Crippen molar-refractivity contribution in [3.05, 3.63) is 89.2 Å². The van der Waals surface area contributed by atoms with Gasteiger partial charge in [-0.2, -0.15) is 5.26 Å². The Balaban J connectivity index is 1.73. The predicted octanol–water partition coefficient (Wildman–Crippen LogP) is 4.42. The molecule has 138 valence electrons. The number of cyclic esters (lactones) is 1. The van der Waals surface area contributed by atoms with Crippen LogP contribution in [0.3, 0.4) is 0 Å². The maximum absolute atomic E-state index is 14.2. The summed E-state index contributed by atoms with van der Waals surface area (Å²) in [6, 6.07) is 13.3. The minimum absolute atomic E-state index is 0.0710. The van der Waals surface area contributed by atoms with Crippen molar-refractivity contribution in [1.82, 2.24) is 10.3 Å². The molecule has 0 unspecified atom stereocenters. The summed E-state index contributed by atoms with van der Waals surface area (Å²) in [6.45, 7) is 0. The summed E-state index contributed by atoms with van der Waals surface area (Å²) in [5.41, 5.74) is 2.69. The number of carbonyl (C=O) groups excluding carboxylic acids is 1. The molecule has 2 aromatic carbocycles. The van der Waals surface area contributed by atoms with E-state index in [0.29, 0.717) is 11.1 Å². The number of nitrogens with zero attached hydrogens (tertiary/aromatic N) is 2. The minimum atomic E-state index is -0.962. The monoisotopic (exact) mass is 377 g/mol. The number of alkyl carbamates (subject to hydrolysis) is 1. The number of aromatic nitrogens is 1. The van der Waals surface area contributed by atoms with Gasteiger partial charge in [0.2, 0.25) is 0 Å². The first-order chi connectivity index (χ1) is 13.5. The Labute approximate surface area is 159 Å². The van der Waals surface area contributed by atoms with Crippen LogP contribution in [-0.2, 0) is 4.74 Å². The van der Waals surface area contributed by atoms with Crippen molar-refractivity contribution in [3.63, 3.8) is 0 Å². The third kappa shape index (κ3) is 3.28. The van der Waals surface area contributed by atoms with Crippen LogP contribution in [0, 0.1) is 23.0 Å². The minimum Gasteiger partial charge on any atom is -0.439 e. The van der Waals surface area contributed by atoms with Crippen molar-refractivity contribution >= 4 is 6.09 Å². The van der Waals surface area contributed by atoms with E-state index < -0.39 is 29.9 Å².